The van der Waals surface area contributed by atoms with Crippen LogP contribution in [0.2, 0.25) is 0 Å². The fourth-order valence-corrected chi connectivity index (χ4v) is 1.47. The Morgan fingerprint density at radius 2 is 1.86 bits per heavy atom. The van der Waals surface area contributed by atoms with E-state index in [0.29, 0.717) is 11.8 Å². The third-order valence-corrected chi connectivity index (χ3v) is 2.56. The smallest absolute Gasteiger partial charge is 0.407 e. The van der Waals surface area contributed by atoms with Crippen LogP contribution < -0.4 is 5.32 Å². The van der Waals surface area contributed by atoms with Gasteiger partial charge in [-0.25, -0.2) is 4.79 Å². The zero-order valence-corrected chi connectivity index (χ0v) is 10.2. The first-order chi connectivity index (χ1) is 6.31. The number of nitrogens with one attached hydrogen (secondary N) is 1. The number of ether oxygens (including phenoxy) is 1. The van der Waals surface area contributed by atoms with E-state index in [0.717, 1.165) is 6.42 Å². The first-order valence-electron chi connectivity index (χ1n) is 5.22. The summed E-state index contributed by atoms with van der Waals surface area (Å²) in [6.07, 6.45) is 0.541. The van der Waals surface area contributed by atoms with E-state index in [2.05, 4.69) is 33.0 Å². The van der Waals surface area contributed by atoms with E-state index in [1.807, 2.05) is 6.92 Å². The van der Waals surface area contributed by atoms with Crippen LogP contribution in [-0.4, -0.2) is 18.7 Å². The molecule has 1 atom stereocenters. The predicted molar refractivity (Wildman–Crippen MR) is 58.2 cm³/mol. The molecule has 0 bridgehead atoms. The second-order valence-electron chi connectivity index (χ2n) is 4.70. The number of hydrogen-bond acceptors (Lipinski definition) is 2. The Labute approximate surface area is 87.2 Å². The number of carbonyl (C=O) groups excluding carboxylic acids is 1. The maximum absolute atomic E-state index is 11.2. The molecule has 0 fully saturated rings. The molecule has 0 rings (SSSR count). The normalized spacial score (nSPS) is 15.4. The molecule has 3 nitrogen and oxygen atoms in total. The fraction of sp³-hybridized carbons (Fsp3) is 0.909. The zero-order chi connectivity index (χ0) is 11.4. The maximum atomic E-state index is 11.2. The van der Waals surface area contributed by atoms with Gasteiger partial charge < -0.3 is 10.1 Å². The Bertz CT molecular complexity index is 190. The van der Waals surface area contributed by atoms with Crippen molar-refractivity contribution in [2.24, 2.45) is 11.8 Å². The van der Waals surface area contributed by atoms with E-state index >= 15 is 0 Å². The molecule has 14 heavy (non-hydrogen) atoms. The molecule has 0 aromatic heterocycles. The number of alkyl carbamates (subject to hydrolysis) is 1. The third-order valence-electron chi connectivity index (χ3n) is 2.56. The molecule has 84 valence electrons. The Morgan fingerprint density at radius 1 is 1.36 bits per heavy atom. The molecule has 0 saturated carbocycles. The van der Waals surface area contributed by atoms with Gasteiger partial charge in [0.1, 0.15) is 5.60 Å². The zero-order valence-electron chi connectivity index (χ0n) is 10.2. The van der Waals surface area contributed by atoms with E-state index < -0.39 is 0 Å². The molecule has 0 aliphatic carbocycles. The largest absolute Gasteiger partial charge is 0.443 e. The quantitative estimate of drug-likeness (QED) is 0.759. The van der Waals surface area contributed by atoms with Gasteiger partial charge in [0.05, 0.1) is 0 Å². The lowest BCUT2D eigenvalue weighted by molar-refractivity contribution is -0.0235. The lowest BCUT2D eigenvalue weighted by Gasteiger charge is -2.34. The average molecular weight is 201 g/mol. The minimum atomic E-state index is -0.367. The summed E-state index contributed by atoms with van der Waals surface area (Å²) in [5, 5.41) is 2.49. The molecule has 1 amide bonds. The van der Waals surface area contributed by atoms with Gasteiger partial charge in [0.15, 0.2) is 0 Å². The van der Waals surface area contributed by atoms with Crippen LogP contribution in [0, 0.1) is 11.8 Å². The van der Waals surface area contributed by atoms with Gasteiger partial charge in [-0.15, -0.1) is 0 Å². The second kappa shape index (κ2) is 5.23. The van der Waals surface area contributed by atoms with Gasteiger partial charge in [0.2, 0.25) is 0 Å². The van der Waals surface area contributed by atoms with E-state index in [-0.39, 0.29) is 11.7 Å². The molecule has 0 aromatic carbocycles. The molecule has 0 aliphatic heterocycles. The summed E-state index contributed by atoms with van der Waals surface area (Å²) in [5.74, 6) is 0.842. The highest BCUT2D eigenvalue weighted by atomic mass is 16.6. The van der Waals surface area contributed by atoms with Crippen LogP contribution in [0.1, 0.15) is 41.0 Å². The summed E-state index contributed by atoms with van der Waals surface area (Å²) < 4.78 is 5.41. The highest BCUT2D eigenvalue weighted by molar-refractivity contribution is 5.67. The lowest BCUT2D eigenvalue weighted by atomic mass is 9.84. The number of rotatable bonds is 4. The summed E-state index contributed by atoms with van der Waals surface area (Å²) in [6, 6.07) is 0. The van der Waals surface area contributed by atoms with Gasteiger partial charge in [-0.2, -0.15) is 0 Å². The molecule has 0 aromatic rings. The molecular formula is C11H23NO2. The van der Waals surface area contributed by atoms with E-state index in [4.69, 9.17) is 4.74 Å². The standard InChI is InChI=1S/C11H23NO2/c1-8(2)7-11(5,9(3)4)14-10(13)12-6/h8-9H,7H2,1-6H3,(H,12,13). The Balaban J connectivity index is 4.47. The topological polar surface area (TPSA) is 38.3 Å². The van der Waals surface area contributed by atoms with Gasteiger partial charge in [-0.3, -0.25) is 0 Å². The molecule has 0 aliphatic rings. The molecule has 0 radical (unpaired) electrons. The number of amides is 1. The Hall–Kier alpha value is -0.730. The first-order valence-corrected chi connectivity index (χ1v) is 5.22. The van der Waals surface area contributed by atoms with Crippen LogP contribution in [0.4, 0.5) is 4.79 Å². The molecule has 1 unspecified atom stereocenters. The summed E-state index contributed by atoms with van der Waals surface area (Å²) >= 11 is 0. The molecular weight excluding hydrogens is 178 g/mol. The Kier molecular flexibility index (Phi) is 4.95. The van der Waals surface area contributed by atoms with Gasteiger partial charge in [0, 0.05) is 7.05 Å². The van der Waals surface area contributed by atoms with Crippen LogP contribution in [0.3, 0.4) is 0 Å². The van der Waals surface area contributed by atoms with Crippen molar-refractivity contribution in [3.63, 3.8) is 0 Å². The van der Waals surface area contributed by atoms with Crippen molar-refractivity contribution < 1.29 is 9.53 Å². The fourth-order valence-electron chi connectivity index (χ4n) is 1.47. The van der Waals surface area contributed by atoms with Gasteiger partial charge >= 0.3 is 6.09 Å². The summed E-state index contributed by atoms with van der Waals surface area (Å²) in [6.45, 7) is 10.4. The SMILES string of the molecule is CNC(=O)OC(C)(CC(C)C)C(C)C. The van der Waals surface area contributed by atoms with Crippen molar-refractivity contribution in [1.29, 1.82) is 0 Å². The number of carbonyl (C=O) groups is 1. The van der Waals surface area contributed by atoms with Crippen LogP contribution in [0.25, 0.3) is 0 Å². The minimum Gasteiger partial charge on any atom is -0.443 e. The maximum Gasteiger partial charge on any atom is 0.407 e. The molecule has 0 spiro atoms. The summed E-state index contributed by atoms with van der Waals surface area (Å²) in [5.41, 5.74) is -0.367. The lowest BCUT2D eigenvalue weighted by Crippen LogP contribution is -2.41. The van der Waals surface area contributed by atoms with Gasteiger partial charge in [-0.1, -0.05) is 27.7 Å². The average Bonchev–Trinajstić information content (AvgIpc) is 2.02. The monoisotopic (exact) mass is 201 g/mol. The summed E-state index contributed by atoms with van der Waals surface area (Å²) in [4.78, 5) is 11.2. The molecule has 0 heterocycles. The minimum absolute atomic E-state index is 0.321. The Morgan fingerprint density at radius 3 is 2.14 bits per heavy atom. The molecule has 1 N–H and O–H groups in total. The van der Waals surface area contributed by atoms with E-state index in [1.54, 1.807) is 7.05 Å². The molecule has 0 saturated heterocycles. The highest BCUT2D eigenvalue weighted by Crippen LogP contribution is 2.29. The highest BCUT2D eigenvalue weighted by Gasteiger charge is 2.33. The van der Waals surface area contributed by atoms with Crippen LogP contribution in [0.15, 0.2) is 0 Å². The van der Waals surface area contributed by atoms with Crippen LogP contribution >= 0.6 is 0 Å². The number of hydrogen-bond donors (Lipinski definition) is 1. The second-order valence-corrected chi connectivity index (χ2v) is 4.70. The predicted octanol–water partition coefficient (Wildman–Crippen LogP) is 2.80. The van der Waals surface area contributed by atoms with E-state index in [1.165, 1.54) is 0 Å². The van der Waals surface area contributed by atoms with Gasteiger partial charge in [0.25, 0.3) is 0 Å². The van der Waals surface area contributed by atoms with Crippen molar-refractivity contribution in [3.8, 4) is 0 Å². The van der Waals surface area contributed by atoms with Gasteiger partial charge in [-0.05, 0) is 25.2 Å². The van der Waals surface area contributed by atoms with Crippen molar-refractivity contribution in [3.05, 3.63) is 0 Å². The molecule has 3 heteroatoms. The first kappa shape index (κ1) is 13.3. The van der Waals surface area contributed by atoms with Crippen molar-refractivity contribution in [2.75, 3.05) is 7.05 Å². The van der Waals surface area contributed by atoms with Crippen molar-refractivity contribution in [1.82, 2.24) is 5.32 Å². The summed E-state index contributed by atoms with van der Waals surface area (Å²) in [7, 11) is 1.58. The van der Waals surface area contributed by atoms with Crippen molar-refractivity contribution >= 4 is 6.09 Å². The third kappa shape index (κ3) is 3.99. The van der Waals surface area contributed by atoms with E-state index in [9.17, 15) is 4.79 Å². The van der Waals surface area contributed by atoms with Crippen LogP contribution in [-0.2, 0) is 4.74 Å². The van der Waals surface area contributed by atoms with Crippen molar-refractivity contribution in [2.45, 2.75) is 46.6 Å². The van der Waals surface area contributed by atoms with Crippen LogP contribution in [0.5, 0.6) is 0 Å².